The van der Waals surface area contributed by atoms with Gasteiger partial charge in [0.2, 0.25) is 5.91 Å². The highest BCUT2D eigenvalue weighted by Gasteiger charge is 2.36. The van der Waals surface area contributed by atoms with Gasteiger partial charge in [0.15, 0.2) is 0 Å². The highest BCUT2D eigenvalue weighted by atomic mass is 19.1. The number of rotatable bonds is 3. The van der Waals surface area contributed by atoms with Crippen molar-refractivity contribution >= 4 is 5.91 Å². The van der Waals surface area contributed by atoms with E-state index in [1.807, 2.05) is 0 Å². The van der Waals surface area contributed by atoms with Crippen LogP contribution in [0.4, 0.5) is 8.78 Å². The molecule has 1 aromatic carbocycles. The largest absolute Gasteiger partial charge is 0.338 e. The molecule has 1 fully saturated rings. The predicted octanol–water partition coefficient (Wildman–Crippen LogP) is 3.10. The van der Waals surface area contributed by atoms with Gasteiger partial charge in [-0.05, 0) is 36.8 Å². The standard InChI is InChI=1S/C16H18F2N2O/c1-11-3-2-6-16(9-11,10-19)20-15(21)7-12-4-5-13(17)8-14(12)18/h4-5,8,11H,2-3,6-7,9H2,1H3,(H,20,21). The van der Waals surface area contributed by atoms with E-state index in [4.69, 9.17) is 0 Å². The summed E-state index contributed by atoms with van der Waals surface area (Å²) in [6.45, 7) is 2.05. The van der Waals surface area contributed by atoms with Crippen molar-refractivity contribution in [3.63, 3.8) is 0 Å². The second-order valence-electron chi connectivity index (χ2n) is 5.86. The summed E-state index contributed by atoms with van der Waals surface area (Å²) in [5.74, 6) is -1.45. The number of carbonyl (C=O) groups excluding carboxylic acids is 1. The van der Waals surface area contributed by atoms with Gasteiger partial charge in [0, 0.05) is 6.07 Å². The fourth-order valence-electron chi connectivity index (χ4n) is 2.94. The molecule has 1 N–H and O–H groups in total. The molecule has 112 valence electrons. The first-order chi connectivity index (χ1) is 9.94. The fraction of sp³-hybridized carbons (Fsp3) is 0.500. The third kappa shape index (κ3) is 3.78. The molecule has 5 heteroatoms. The molecule has 0 heterocycles. The van der Waals surface area contributed by atoms with Crippen molar-refractivity contribution < 1.29 is 13.6 Å². The molecule has 2 rings (SSSR count). The topological polar surface area (TPSA) is 52.9 Å². The first-order valence-corrected chi connectivity index (χ1v) is 7.10. The maximum Gasteiger partial charge on any atom is 0.225 e. The van der Waals surface area contributed by atoms with Crippen LogP contribution in [0.5, 0.6) is 0 Å². The van der Waals surface area contributed by atoms with Crippen molar-refractivity contribution in [3.8, 4) is 6.07 Å². The van der Waals surface area contributed by atoms with Gasteiger partial charge < -0.3 is 5.32 Å². The Morgan fingerprint density at radius 3 is 2.90 bits per heavy atom. The minimum Gasteiger partial charge on any atom is -0.338 e. The summed E-state index contributed by atoms with van der Waals surface area (Å²) in [5, 5.41) is 12.1. The maximum absolute atomic E-state index is 13.5. The van der Waals surface area contributed by atoms with Gasteiger partial charge in [0.05, 0.1) is 12.5 Å². The Kier molecular flexibility index (Phi) is 4.56. The molecule has 2 unspecified atom stereocenters. The minimum absolute atomic E-state index is 0.130. The van der Waals surface area contributed by atoms with Gasteiger partial charge >= 0.3 is 0 Å². The van der Waals surface area contributed by atoms with E-state index >= 15 is 0 Å². The zero-order chi connectivity index (χ0) is 15.5. The lowest BCUT2D eigenvalue weighted by Gasteiger charge is -2.35. The molecule has 1 saturated carbocycles. The molecular formula is C16H18F2N2O. The highest BCUT2D eigenvalue weighted by molar-refractivity contribution is 5.79. The van der Waals surface area contributed by atoms with E-state index < -0.39 is 23.1 Å². The second-order valence-corrected chi connectivity index (χ2v) is 5.86. The molecule has 21 heavy (non-hydrogen) atoms. The summed E-state index contributed by atoms with van der Waals surface area (Å²) in [6, 6.07) is 5.33. The van der Waals surface area contributed by atoms with Crippen molar-refractivity contribution in [2.75, 3.05) is 0 Å². The van der Waals surface area contributed by atoms with E-state index in [2.05, 4.69) is 18.3 Å². The van der Waals surface area contributed by atoms with Gasteiger partial charge in [-0.15, -0.1) is 0 Å². The van der Waals surface area contributed by atoms with Crippen molar-refractivity contribution in [2.24, 2.45) is 5.92 Å². The summed E-state index contributed by atoms with van der Waals surface area (Å²) in [5.41, 5.74) is -0.725. The lowest BCUT2D eigenvalue weighted by atomic mass is 9.77. The highest BCUT2D eigenvalue weighted by Crippen LogP contribution is 2.31. The number of nitrogens with zero attached hydrogens (tertiary/aromatic N) is 1. The lowest BCUT2D eigenvalue weighted by Crippen LogP contribution is -2.50. The molecule has 3 nitrogen and oxygen atoms in total. The number of benzene rings is 1. The van der Waals surface area contributed by atoms with E-state index in [9.17, 15) is 18.8 Å². The first kappa shape index (κ1) is 15.4. The van der Waals surface area contributed by atoms with E-state index in [-0.39, 0.29) is 12.0 Å². The average molecular weight is 292 g/mol. The van der Waals surface area contributed by atoms with Crippen LogP contribution in [0.25, 0.3) is 0 Å². The quantitative estimate of drug-likeness (QED) is 0.930. The summed E-state index contributed by atoms with van der Waals surface area (Å²) >= 11 is 0. The minimum atomic E-state index is -0.856. The monoisotopic (exact) mass is 292 g/mol. The van der Waals surface area contributed by atoms with Gasteiger partial charge in [-0.2, -0.15) is 5.26 Å². The van der Waals surface area contributed by atoms with Crippen molar-refractivity contribution in [3.05, 3.63) is 35.4 Å². The Balaban J connectivity index is 2.05. The Labute approximate surface area is 123 Å². The van der Waals surface area contributed by atoms with Crippen LogP contribution in [0.2, 0.25) is 0 Å². The van der Waals surface area contributed by atoms with Crippen molar-refractivity contribution in [1.82, 2.24) is 5.32 Å². The number of nitrogens with one attached hydrogen (secondary N) is 1. The molecule has 0 aliphatic heterocycles. The molecule has 0 saturated heterocycles. The molecule has 0 spiro atoms. The number of nitriles is 1. The summed E-state index contributed by atoms with van der Waals surface area (Å²) in [7, 11) is 0. The molecule has 2 atom stereocenters. The van der Waals surface area contributed by atoms with Crippen LogP contribution < -0.4 is 5.32 Å². The zero-order valence-corrected chi connectivity index (χ0v) is 12.0. The SMILES string of the molecule is CC1CCCC(C#N)(NC(=O)Cc2ccc(F)cc2F)C1. The van der Waals surface area contributed by atoms with E-state index in [0.717, 1.165) is 25.0 Å². The number of carbonyl (C=O) groups is 1. The number of hydrogen-bond donors (Lipinski definition) is 1. The zero-order valence-electron chi connectivity index (χ0n) is 12.0. The number of amides is 1. The number of hydrogen-bond acceptors (Lipinski definition) is 2. The Hall–Kier alpha value is -1.96. The van der Waals surface area contributed by atoms with Gasteiger partial charge in [-0.3, -0.25) is 4.79 Å². The third-order valence-electron chi connectivity index (χ3n) is 3.96. The maximum atomic E-state index is 13.5. The van der Waals surface area contributed by atoms with Gasteiger partial charge in [-0.25, -0.2) is 8.78 Å². The summed E-state index contributed by atoms with van der Waals surface area (Å²) in [4.78, 5) is 12.1. The van der Waals surface area contributed by atoms with E-state index in [1.54, 1.807) is 0 Å². The van der Waals surface area contributed by atoms with Crippen molar-refractivity contribution in [2.45, 2.75) is 44.6 Å². The molecule has 1 aliphatic rings. The fourth-order valence-corrected chi connectivity index (χ4v) is 2.94. The smallest absolute Gasteiger partial charge is 0.225 e. The van der Waals surface area contributed by atoms with Gasteiger partial charge in [0.1, 0.15) is 17.2 Å². The number of halogens is 2. The van der Waals surface area contributed by atoms with Crippen LogP contribution in [-0.4, -0.2) is 11.4 Å². The Morgan fingerprint density at radius 1 is 1.52 bits per heavy atom. The molecular weight excluding hydrogens is 274 g/mol. The van der Waals surface area contributed by atoms with E-state index in [1.165, 1.54) is 6.07 Å². The predicted molar refractivity (Wildman–Crippen MR) is 74.2 cm³/mol. The van der Waals surface area contributed by atoms with Crippen LogP contribution in [0, 0.1) is 28.9 Å². The molecule has 0 radical (unpaired) electrons. The first-order valence-electron chi connectivity index (χ1n) is 7.10. The molecule has 1 amide bonds. The van der Waals surface area contributed by atoms with Crippen LogP contribution in [-0.2, 0) is 11.2 Å². The van der Waals surface area contributed by atoms with Crippen LogP contribution in [0.1, 0.15) is 38.2 Å². The van der Waals surface area contributed by atoms with Gasteiger partial charge in [-0.1, -0.05) is 19.4 Å². The molecule has 0 bridgehead atoms. The normalized spacial score (nSPS) is 25.1. The van der Waals surface area contributed by atoms with Crippen LogP contribution in [0.15, 0.2) is 18.2 Å². The summed E-state index contributed by atoms with van der Waals surface area (Å²) in [6.07, 6.45) is 2.97. The lowest BCUT2D eigenvalue weighted by molar-refractivity contribution is -0.122. The summed E-state index contributed by atoms with van der Waals surface area (Å²) < 4.78 is 26.4. The molecule has 1 aromatic rings. The Morgan fingerprint density at radius 2 is 2.29 bits per heavy atom. The third-order valence-corrected chi connectivity index (χ3v) is 3.96. The van der Waals surface area contributed by atoms with Gasteiger partial charge in [0.25, 0.3) is 0 Å². The van der Waals surface area contributed by atoms with Crippen molar-refractivity contribution in [1.29, 1.82) is 5.26 Å². The molecule has 0 aromatic heterocycles. The van der Waals surface area contributed by atoms with Crippen LogP contribution >= 0.6 is 0 Å². The Bertz CT molecular complexity index is 582. The average Bonchev–Trinajstić information content (AvgIpc) is 2.42. The second kappa shape index (κ2) is 6.21. The van der Waals surface area contributed by atoms with Crippen LogP contribution in [0.3, 0.4) is 0 Å². The molecule has 1 aliphatic carbocycles. The van der Waals surface area contributed by atoms with E-state index in [0.29, 0.717) is 18.8 Å².